The Labute approximate surface area is 93.4 Å². The minimum absolute atomic E-state index is 0.277. The van der Waals surface area contributed by atoms with Gasteiger partial charge < -0.3 is 4.57 Å². The van der Waals surface area contributed by atoms with Crippen LogP contribution in [0.5, 0.6) is 0 Å². The van der Waals surface area contributed by atoms with Crippen LogP contribution in [0.4, 0.5) is 0 Å². The van der Waals surface area contributed by atoms with Crippen molar-refractivity contribution in [1.82, 2.24) is 0 Å². The van der Waals surface area contributed by atoms with Crippen LogP contribution in [-0.2, 0) is 4.57 Å². The maximum atomic E-state index is 12.0. The molecule has 0 heterocycles. The molecule has 2 aliphatic rings. The van der Waals surface area contributed by atoms with E-state index >= 15 is 0 Å². The Bertz CT molecular complexity index is 214. The van der Waals surface area contributed by atoms with Crippen molar-refractivity contribution in [2.45, 2.75) is 37.3 Å². The predicted molar refractivity (Wildman–Crippen MR) is 65.0 cm³/mol. The lowest BCUT2D eigenvalue weighted by molar-refractivity contribution is 0.486. The largest absolute Gasteiger partial charge is 0.301 e. The van der Waals surface area contributed by atoms with E-state index in [1.807, 2.05) is 0 Å². The lowest BCUT2D eigenvalue weighted by Crippen LogP contribution is -2.17. The molecule has 64 valence electrons. The van der Waals surface area contributed by atoms with Crippen molar-refractivity contribution in [3.63, 3.8) is 0 Å². The van der Waals surface area contributed by atoms with Crippen molar-refractivity contribution in [1.29, 1.82) is 0 Å². The molecule has 2 rings (SSSR count). The minimum atomic E-state index is -1.86. The molecule has 0 amide bonds. The molecule has 1 nitrogen and oxygen atoms in total. The second-order valence-electron chi connectivity index (χ2n) is 3.83. The standard InChI is InChI=1S/C7H11I2OP/c8-11(9,10)7-3-1-6(5-7)2-4-7/h6H,1-5H2. The normalized spacial score (nSPS) is 43.3. The molecule has 2 bridgehead atoms. The van der Waals surface area contributed by atoms with Crippen molar-refractivity contribution in [2.24, 2.45) is 5.92 Å². The number of hydrogen-bond donors (Lipinski definition) is 0. The van der Waals surface area contributed by atoms with Crippen molar-refractivity contribution in [2.75, 3.05) is 0 Å². The van der Waals surface area contributed by atoms with E-state index in [0.717, 1.165) is 5.92 Å². The zero-order valence-electron chi connectivity index (χ0n) is 6.22. The summed E-state index contributed by atoms with van der Waals surface area (Å²) < 4.78 is 10.1. The van der Waals surface area contributed by atoms with Crippen LogP contribution in [-0.4, -0.2) is 5.16 Å². The Morgan fingerprint density at radius 2 is 1.82 bits per heavy atom. The molecule has 0 aliphatic heterocycles. The molecule has 0 unspecified atom stereocenters. The van der Waals surface area contributed by atoms with E-state index in [4.69, 9.17) is 0 Å². The van der Waals surface area contributed by atoms with Crippen LogP contribution in [0.3, 0.4) is 0 Å². The van der Waals surface area contributed by atoms with Gasteiger partial charge in [-0.15, -0.1) is 0 Å². The molecule has 11 heavy (non-hydrogen) atoms. The molecule has 2 fully saturated rings. The van der Waals surface area contributed by atoms with Gasteiger partial charge in [-0.05, 0) is 38.0 Å². The highest BCUT2D eigenvalue weighted by Crippen LogP contribution is 2.80. The van der Waals surface area contributed by atoms with Crippen LogP contribution < -0.4 is 0 Å². The van der Waals surface area contributed by atoms with Crippen LogP contribution in [0.1, 0.15) is 32.1 Å². The summed E-state index contributed by atoms with van der Waals surface area (Å²) >= 11 is 4.40. The molecule has 4 heteroatoms. The zero-order chi connectivity index (χ0) is 8.11. The van der Waals surface area contributed by atoms with E-state index in [0.29, 0.717) is 0 Å². The third kappa shape index (κ3) is 1.43. The third-order valence-corrected chi connectivity index (χ3v) is 11.1. The SMILES string of the molecule is O=P(I)(I)C12CCC(CC1)C2. The average Bonchev–Trinajstić information content (AvgIpc) is 2.42. The summed E-state index contributed by atoms with van der Waals surface area (Å²) in [7, 11) is 0. The van der Waals surface area contributed by atoms with E-state index in [1.54, 1.807) is 0 Å². The maximum absolute atomic E-state index is 12.0. The van der Waals surface area contributed by atoms with Crippen LogP contribution in [0, 0.1) is 5.92 Å². The summed E-state index contributed by atoms with van der Waals surface area (Å²) in [6.45, 7) is 0. The predicted octanol–water partition coefficient (Wildman–Crippen LogP) is 4.38. The molecule has 0 aromatic carbocycles. The molecule has 0 aromatic heterocycles. The second-order valence-corrected chi connectivity index (χ2v) is 19.4. The Balaban J connectivity index is 2.30. The lowest BCUT2D eigenvalue weighted by Gasteiger charge is -2.27. The molecule has 0 N–H and O–H groups in total. The van der Waals surface area contributed by atoms with Crippen LogP contribution in [0.2, 0.25) is 0 Å². The van der Waals surface area contributed by atoms with Crippen molar-refractivity contribution in [3.8, 4) is 0 Å². The molecule has 2 aliphatic carbocycles. The highest BCUT2D eigenvalue weighted by Gasteiger charge is 2.53. The Morgan fingerprint density at radius 3 is 2.00 bits per heavy atom. The second kappa shape index (κ2) is 2.84. The molecule has 2 saturated carbocycles. The van der Waals surface area contributed by atoms with Gasteiger partial charge in [-0.2, -0.15) is 0 Å². The van der Waals surface area contributed by atoms with Gasteiger partial charge in [0.25, 0.3) is 0 Å². The van der Waals surface area contributed by atoms with Gasteiger partial charge in [0, 0.05) is 49.2 Å². The number of fused-ring (bicyclic) bond motifs is 2. The minimum Gasteiger partial charge on any atom is -0.301 e. The highest BCUT2D eigenvalue weighted by molar-refractivity contribution is 14.3. The first-order valence-electron chi connectivity index (χ1n) is 4.03. The van der Waals surface area contributed by atoms with Gasteiger partial charge in [0.1, 0.15) is 0 Å². The molecule has 0 atom stereocenters. The van der Waals surface area contributed by atoms with Crippen molar-refractivity contribution < 1.29 is 4.57 Å². The molecular formula is C7H11I2OP. The zero-order valence-corrected chi connectivity index (χ0v) is 11.4. The lowest BCUT2D eigenvalue weighted by atomic mass is 10.0. The topological polar surface area (TPSA) is 17.1 Å². The van der Waals surface area contributed by atoms with E-state index in [1.165, 1.54) is 32.1 Å². The summed E-state index contributed by atoms with van der Waals surface area (Å²) in [6.07, 6.45) is 6.42. The highest BCUT2D eigenvalue weighted by atomic mass is 127. The van der Waals surface area contributed by atoms with Gasteiger partial charge >= 0.3 is 0 Å². The first kappa shape index (κ1) is 9.25. The van der Waals surface area contributed by atoms with Crippen molar-refractivity contribution in [3.05, 3.63) is 0 Å². The summed E-state index contributed by atoms with van der Waals surface area (Å²) in [5.41, 5.74) is 0. The maximum Gasteiger partial charge on any atom is 0.203 e. The fraction of sp³-hybridized carbons (Fsp3) is 1.00. The van der Waals surface area contributed by atoms with Gasteiger partial charge in [0.15, 0.2) is 0 Å². The molecule has 0 saturated heterocycles. The van der Waals surface area contributed by atoms with Crippen molar-refractivity contribution >= 4 is 46.5 Å². The fourth-order valence-electron chi connectivity index (χ4n) is 2.53. The van der Waals surface area contributed by atoms with E-state index in [-0.39, 0.29) is 5.16 Å². The molecule has 0 aromatic rings. The summed E-state index contributed by atoms with van der Waals surface area (Å²) in [6, 6.07) is 0. The van der Waals surface area contributed by atoms with Gasteiger partial charge in [-0.1, -0.05) is 0 Å². The van der Waals surface area contributed by atoms with Crippen LogP contribution >= 0.6 is 46.5 Å². The first-order valence-corrected chi connectivity index (χ1v) is 11.3. The average molecular weight is 396 g/mol. The van der Waals surface area contributed by atoms with Crippen LogP contribution in [0.25, 0.3) is 0 Å². The Kier molecular flexibility index (Phi) is 2.39. The molecule has 0 spiro atoms. The Morgan fingerprint density at radius 1 is 1.27 bits per heavy atom. The smallest absolute Gasteiger partial charge is 0.203 e. The van der Waals surface area contributed by atoms with E-state index < -0.39 is 2.43 Å². The third-order valence-electron chi connectivity index (χ3n) is 3.26. The molecular weight excluding hydrogens is 385 g/mol. The summed E-state index contributed by atoms with van der Waals surface area (Å²) in [5, 5.41) is 0.277. The first-order chi connectivity index (χ1) is 5.04. The fourth-order valence-corrected chi connectivity index (χ4v) is 7.85. The van der Waals surface area contributed by atoms with Gasteiger partial charge in [-0.3, -0.25) is 0 Å². The van der Waals surface area contributed by atoms with E-state index in [9.17, 15) is 4.57 Å². The summed E-state index contributed by atoms with van der Waals surface area (Å²) in [5.74, 6) is 0.924. The molecule has 0 radical (unpaired) electrons. The van der Waals surface area contributed by atoms with Gasteiger partial charge in [0.05, 0.1) is 0 Å². The number of hydrogen-bond acceptors (Lipinski definition) is 1. The number of rotatable bonds is 1. The monoisotopic (exact) mass is 396 g/mol. The van der Waals surface area contributed by atoms with E-state index in [2.05, 4.69) is 44.1 Å². The summed E-state index contributed by atoms with van der Waals surface area (Å²) in [4.78, 5) is 0. The van der Waals surface area contributed by atoms with Gasteiger partial charge in [0.2, 0.25) is 2.43 Å². The number of halogens is 2. The quantitative estimate of drug-likeness (QED) is 0.475. The van der Waals surface area contributed by atoms with Crippen LogP contribution in [0.15, 0.2) is 0 Å². The van der Waals surface area contributed by atoms with Gasteiger partial charge in [-0.25, -0.2) is 0 Å². The Hall–Kier alpha value is 1.69.